The van der Waals surface area contributed by atoms with Crippen LogP contribution >= 0.6 is 0 Å². The summed E-state index contributed by atoms with van der Waals surface area (Å²) in [5, 5.41) is 8.91. The summed E-state index contributed by atoms with van der Waals surface area (Å²) >= 11 is 0. The average molecular weight is 196 g/mol. The van der Waals surface area contributed by atoms with Crippen molar-refractivity contribution in [3.63, 3.8) is 0 Å². The minimum absolute atomic E-state index is 0.149. The molecule has 2 rings (SSSR count). The van der Waals surface area contributed by atoms with E-state index in [2.05, 4.69) is 0 Å². The Morgan fingerprint density at radius 3 is 2.71 bits per heavy atom. The Balaban J connectivity index is 1.98. The van der Waals surface area contributed by atoms with Crippen molar-refractivity contribution in [2.24, 2.45) is 17.8 Å². The summed E-state index contributed by atoms with van der Waals surface area (Å²) in [6, 6.07) is 0. The third-order valence-corrected chi connectivity index (χ3v) is 3.77. The number of carbonyl (C=O) groups excluding carboxylic acids is 1. The Morgan fingerprint density at radius 2 is 2.00 bits per heavy atom. The zero-order chi connectivity index (χ0) is 10.1. The Morgan fingerprint density at radius 1 is 1.21 bits per heavy atom. The second-order valence-electron chi connectivity index (χ2n) is 4.65. The van der Waals surface area contributed by atoms with Gasteiger partial charge in [0.1, 0.15) is 5.78 Å². The number of carboxylic acid groups (broad SMARTS) is 1. The molecule has 1 N–H and O–H groups in total. The molecular formula is C11H16O3. The molecule has 14 heavy (non-hydrogen) atoms. The average Bonchev–Trinajstić information content (AvgIpc) is 2.16. The van der Waals surface area contributed by atoms with Gasteiger partial charge in [0.05, 0.1) is 5.92 Å². The monoisotopic (exact) mass is 196 g/mol. The van der Waals surface area contributed by atoms with Crippen LogP contribution < -0.4 is 0 Å². The number of aliphatic carboxylic acids is 1. The van der Waals surface area contributed by atoms with Gasteiger partial charge in [-0.15, -0.1) is 0 Å². The summed E-state index contributed by atoms with van der Waals surface area (Å²) < 4.78 is 0. The van der Waals surface area contributed by atoms with Gasteiger partial charge in [-0.3, -0.25) is 9.59 Å². The van der Waals surface area contributed by atoms with Crippen molar-refractivity contribution in [3.8, 4) is 0 Å². The van der Waals surface area contributed by atoms with E-state index in [9.17, 15) is 9.59 Å². The standard InChI is InChI=1S/C11H16O3/c12-10-4-3-7-5-9(11(13)14)2-1-8(7)6-10/h7-9H,1-6H2,(H,13,14)/t7-,8-,9-/m0/s1. The molecule has 2 fully saturated rings. The van der Waals surface area contributed by atoms with Gasteiger partial charge < -0.3 is 5.11 Å². The van der Waals surface area contributed by atoms with E-state index in [1.54, 1.807) is 0 Å². The minimum Gasteiger partial charge on any atom is -0.481 e. The number of Topliss-reactive ketones (excluding diaryl/α,β-unsaturated/α-hetero) is 1. The molecule has 0 radical (unpaired) electrons. The lowest BCUT2D eigenvalue weighted by Crippen LogP contribution is -2.33. The third-order valence-electron chi connectivity index (χ3n) is 3.77. The molecule has 3 heteroatoms. The molecule has 2 aliphatic carbocycles. The van der Waals surface area contributed by atoms with Gasteiger partial charge in [-0.1, -0.05) is 0 Å². The zero-order valence-electron chi connectivity index (χ0n) is 8.24. The number of fused-ring (bicyclic) bond motifs is 1. The topological polar surface area (TPSA) is 54.4 Å². The van der Waals surface area contributed by atoms with Crippen LogP contribution in [0.15, 0.2) is 0 Å². The molecule has 3 nitrogen and oxygen atoms in total. The number of rotatable bonds is 1. The Hall–Kier alpha value is -0.860. The molecule has 0 heterocycles. The van der Waals surface area contributed by atoms with Crippen molar-refractivity contribution >= 4 is 11.8 Å². The van der Waals surface area contributed by atoms with Crippen molar-refractivity contribution in [1.82, 2.24) is 0 Å². The summed E-state index contributed by atoms with van der Waals surface area (Å²) in [7, 11) is 0. The van der Waals surface area contributed by atoms with Crippen molar-refractivity contribution in [2.45, 2.75) is 38.5 Å². The molecule has 0 aliphatic heterocycles. The molecule has 0 bridgehead atoms. The van der Waals surface area contributed by atoms with Crippen LogP contribution in [0.4, 0.5) is 0 Å². The van der Waals surface area contributed by atoms with Gasteiger partial charge in [-0.05, 0) is 37.5 Å². The molecule has 0 spiro atoms. The largest absolute Gasteiger partial charge is 0.481 e. The van der Waals surface area contributed by atoms with E-state index >= 15 is 0 Å². The van der Waals surface area contributed by atoms with Crippen LogP contribution in [0.3, 0.4) is 0 Å². The quantitative estimate of drug-likeness (QED) is 0.696. The molecule has 2 aliphatic rings. The number of carboxylic acids is 1. The van der Waals surface area contributed by atoms with Crippen LogP contribution in [0, 0.1) is 17.8 Å². The molecule has 78 valence electrons. The van der Waals surface area contributed by atoms with Crippen molar-refractivity contribution in [1.29, 1.82) is 0 Å². The van der Waals surface area contributed by atoms with Crippen LogP contribution in [-0.2, 0) is 9.59 Å². The van der Waals surface area contributed by atoms with Gasteiger partial charge in [0.25, 0.3) is 0 Å². The van der Waals surface area contributed by atoms with E-state index in [0.29, 0.717) is 30.5 Å². The van der Waals surface area contributed by atoms with E-state index in [-0.39, 0.29) is 5.92 Å². The van der Waals surface area contributed by atoms with Crippen LogP contribution in [0.5, 0.6) is 0 Å². The van der Waals surface area contributed by atoms with Gasteiger partial charge in [-0.25, -0.2) is 0 Å². The fourth-order valence-corrected chi connectivity index (χ4v) is 2.91. The first-order valence-electron chi connectivity index (χ1n) is 5.41. The summed E-state index contributed by atoms with van der Waals surface area (Å²) in [5.41, 5.74) is 0. The lowest BCUT2D eigenvalue weighted by Gasteiger charge is -2.37. The summed E-state index contributed by atoms with van der Waals surface area (Å²) in [6.07, 6.45) is 4.81. The predicted octanol–water partition coefficient (Wildman–Crippen LogP) is 1.86. The van der Waals surface area contributed by atoms with Gasteiger partial charge in [-0.2, -0.15) is 0 Å². The fraction of sp³-hybridized carbons (Fsp3) is 0.818. The normalized spacial score (nSPS) is 37.7. The summed E-state index contributed by atoms with van der Waals surface area (Å²) in [6.45, 7) is 0. The van der Waals surface area contributed by atoms with Gasteiger partial charge in [0.15, 0.2) is 0 Å². The second-order valence-corrected chi connectivity index (χ2v) is 4.65. The molecule has 3 atom stereocenters. The first-order valence-corrected chi connectivity index (χ1v) is 5.41. The van der Waals surface area contributed by atoms with E-state index < -0.39 is 5.97 Å². The SMILES string of the molecule is O=C1CC[C@H]2C[C@@H](C(=O)O)CC[C@H]2C1. The predicted molar refractivity (Wildman–Crippen MR) is 50.8 cm³/mol. The molecule has 2 saturated carbocycles. The molecule has 0 aromatic carbocycles. The lowest BCUT2D eigenvalue weighted by atomic mass is 9.67. The highest BCUT2D eigenvalue weighted by Gasteiger charge is 2.37. The maximum atomic E-state index is 11.2. The fourth-order valence-electron chi connectivity index (χ4n) is 2.91. The molecule has 0 aromatic heterocycles. The van der Waals surface area contributed by atoms with E-state index in [1.165, 1.54) is 0 Å². The molecule has 0 unspecified atom stereocenters. The van der Waals surface area contributed by atoms with Crippen LogP contribution in [0.2, 0.25) is 0 Å². The number of ketones is 1. The first kappa shape index (κ1) is 9.69. The number of carbonyl (C=O) groups is 2. The maximum absolute atomic E-state index is 11.2. The number of hydrogen-bond donors (Lipinski definition) is 1. The third kappa shape index (κ3) is 1.81. The van der Waals surface area contributed by atoms with E-state index in [0.717, 1.165) is 25.7 Å². The number of hydrogen-bond acceptors (Lipinski definition) is 2. The van der Waals surface area contributed by atoms with Gasteiger partial charge in [0.2, 0.25) is 0 Å². The van der Waals surface area contributed by atoms with Gasteiger partial charge in [0, 0.05) is 12.8 Å². The first-order chi connectivity index (χ1) is 6.66. The smallest absolute Gasteiger partial charge is 0.306 e. The summed E-state index contributed by atoms with van der Waals surface area (Å²) in [5.74, 6) is 0.569. The molecule has 0 saturated heterocycles. The molecule has 0 aromatic rings. The Bertz CT molecular complexity index is 259. The van der Waals surface area contributed by atoms with Crippen molar-refractivity contribution in [3.05, 3.63) is 0 Å². The highest BCUT2D eigenvalue weighted by molar-refractivity contribution is 5.79. The Kier molecular flexibility index (Phi) is 2.57. The lowest BCUT2D eigenvalue weighted by molar-refractivity contribution is -0.144. The minimum atomic E-state index is -0.652. The van der Waals surface area contributed by atoms with E-state index in [1.807, 2.05) is 0 Å². The zero-order valence-corrected chi connectivity index (χ0v) is 8.24. The van der Waals surface area contributed by atoms with Crippen LogP contribution in [-0.4, -0.2) is 16.9 Å². The second kappa shape index (κ2) is 3.71. The van der Waals surface area contributed by atoms with Crippen molar-refractivity contribution in [2.75, 3.05) is 0 Å². The highest BCUT2D eigenvalue weighted by Crippen LogP contribution is 2.41. The summed E-state index contributed by atoms with van der Waals surface area (Å²) in [4.78, 5) is 22.0. The van der Waals surface area contributed by atoms with E-state index in [4.69, 9.17) is 5.11 Å². The highest BCUT2D eigenvalue weighted by atomic mass is 16.4. The van der Waals surface area contributed by atoms with Gasteiger partial charge >= 0.3 is 5.97 Å². The Labute approximate surface area is 83.5 Å². The molecular weight excluding hydrogens is 180 g/mol. The van der Waals surface area contributed by atoms with Crippen LogP contribution in [0.1, 0.15) is 38.5 Å². The van der Waals surface area contributed by atoms with Crippen LogP contribution in [0.25, 0.3) is 0 Å². The molecule has 0 amide bonds. The van der Waals surface area contributed by atoms with Crippen molar-refractivity contribution < 1.29 is 14.7 Å². The maximum Gasteiger partial charge on any atom is 0.306 e.